The Morgan fingerprint density at radius 1 is 1.30 bits per heavy atom. The van der Waals surface area contributed by atoms with Crippen molar-refractivity contribution in [3.05, 3.63) is 42.5 Å². The monoisotopic (exact) mass is 428 g/mol. The summed E-state index contributed by atoms with van der Waals surface area (Å²) in [6.45, 7) is 0.982. The summed E-state index contributed by atoms with van der Waals surface area (Å²) in [5, 5.41) is 12.9. The van der Waals surface area contributed by atoms with Crippen LogP contribution in [0.2, 0.25) is 0 Å². The Bertz CT molecular complexity index is 900. The van der Waals surface area contributed by atoms with Crippen molar-refractivity contribution in [1.29, 1.82) is 0 Å². The average molecular weight is 428 g/mol. The van der Waals surface area contributed by atoms with E-state index in [4.69, 9.17) is 4.74 Å². The van der Waals surface area contributed by atoms with Crippen molar-refractivity contribution in [3.63, 3.8) is 0 Å². The highest BCUT2D eigenvalue weighted by molar-refractivity contribution is 5.95. The Kier molecular flexibility index (Phi) is 7.08. The summed E-state index contributed by atoms with van der Waals surface area (Å²) in [5.41, 5.74) is -3.14. The number of aromatic nitrogens is 2. The molecule has 0 aliphatic carbocycles. The largest absolute Gasteiger partial charge is 0.495 e. The van der Waals surface area contributed by atoms with Gasteiger partial charge in [0.15, 0.2) is 5.82 Å². The molecule has 1 aromatic carbocycles. The molecule has 8 nitrogen and oxygen atoms in total. The molecule has 1 aromatic heterocycles. The van der Waals surface area contributed by atoms with E-state index in [0.29, 0.717) is 11.4 Å². The Hall–Kier alpha value is -3.08. The van der Waals surface area contributed by atoms with Gasteiger partial charge in [0.05, 0.1) is 25.8 Å². The number of aliphatic hydroxyl groups is 1. The molecule has 2 aromatic rings. The number of methoxy groups -OCH3 is 1. The van der Waals surface area contributed by atoms with Gasteiger partial charge in [0, 0.05) is 26.0 Å². The number of amides is 2. The van der Waals surface area contributed by atoms with E-state index in [1.165, 1.54) is 27.3 Å². The van der Waals surface area contributed by atoms with Crippen LogP contribution in [0.1, 0.15) is 19.2 Å². The van der Waals surface area contributed by atoms with E-state index in [9.17, 15) is 27.9 Å². The number of carbonyl (C=O) groups is 2. The molecular formula is C19H23F3N4O4. The average Bonchev–Trinajstić information content (AvgIpc) is 3.11. The van der Waals surface area contributed by atoms with Crippen LogP contribution < -0.4 is 10.1 Å². The number of aryl methyl sites for hydroxylation is 1. The normalized spacial score (nSPS) is 13.4. The third-order valence-corrected chi connectivity index (χ3v) is 4.52. The second kappa shape index (κ2) is 9.16. The fourth-order valence-electron chi connectivity index (χ4n) is 2.89. The van der Waals surface area contributed by atoms with Gasteiger partial charge in [-0.2, -0.15) is 13.2 Å². The van der Waals surface area contributed by atoms with Crippen molar-refractivity contribution in [2.24, 2.45) is 7.05 Å². The molecule has 1 heterocycles. The van der Waals surface area contributed by atoms with Crippen molar-refractivity contribution in [1.82, 2.24) is 14.5 Å². The number of hydrogen-bond donors (Lipinski definition) is 2. The van der Waals surface area contributed by atoms with Crippen molar-refractivity contribution < 1.29 is 32.6 Å². The molecule has 0 saturated carbocycles. The molecule has 2 N–H and O–H groups in total. The van der Waals surface area contributed by atoms with Crippen molar-refractivity contribution in [2.75, 3.05) is 25.5 Å². The number of hydrogen-bond acceptors (Lipinski definition) is 5. The number of nitrogens with one attached hydrogen (secondary N) is 1. The van der Waals surface area contributed by atoms with Gasteiger partial charge in [-0.05, 0) is 19.1 Å². The van der Waals surface area contributed by atoms with Gasteiger partial charge < -0.3 is 24.6 Å². The van der Waals surface area contributed by atoms with Crippen LogP contribution in [-0.2, 0) is 22.2 Å². The first-order chi connectivity index (χ1) is 14.0. The van der Waals surface area contributed by atoms with Crippen molar-refractivity contribution in [3.8, 4) is 5.75 Å². The van der Waals surface area contributed by atoms with Gasteiger partial charge in [-0.1, -0.05) is 12.1 Å². The molecule has 0 aliphatic rings. The zero-order chi connectivity index (χ0) is 22.5. The molecule has 0 saturated heterocycles. The number of ether oxygens (including phenoxy) is 1. The predicted octanol–water partition coefficient (Wildman–Crippen LogP) is 2.06. The van der Waals surface area contributed by atoms with E-state index in [-0.39, 0.29) is 6.54 Å². The van der Waals surface area contributed by atoms with Crippen LogP contribution in [0, 0.1) is 0 Å². The van der Waals surface area contributed by atoms with Crippen LogP contribution >= 0.6 is 0 Å². The summed E-state index contributed by atoms with van der Waals surface area (Å²) < 4.78 is 47.0. The number of para-hydroxylation sites is 2. The lowest BCUT2D eigenvalue weighted by Crippen LogP contribution is -2.49. The van der Waals surface area contributed by atoms with E-state index < -0.39 is 42.4 Å². The number of carbonyl (C=O) groups excluding carboxylic acids is 2. The van der Waals surface area contributed by atoms with Crippen LogP contribution in [0.25, 0.3) is 0 Å². The number of nitrogens with zero attached hydrogens (tertiary/aromatic N) is 3. The molecule has 164 valence electrons. The molecule has 0 bridgehead atoms. The number of halogens is 3. The minimum atomic E-state index is -5.15. The molecule has 0 radical (unpaired) electrons. The van der Waals surface area contributed by atoms with Gasteiger partial charge >= 0.3 is 6.18 Å². The minimum absolute atomic E-state index is 0.0350. The summed E-state index contributed by atoms with van der Waals surface area (Å²) in [5.74, 6) is -1.99. The summed E-state index contributed by atoms with van der Waals surface area (Å²) in [6, 6.07) is 6.57. The van der Waals surface area contributed by atoms with Crippen LogP contribution in [-0.4, -0.2) is 57.7 Å². The first kappa shape index (κ1) is 23.2. The maximum absolute atomic E-state index is 13.6. The fraction of sp³-hybridized carbons (Fsp3) is 0.421. The summed E-state index contributed by atoms with van der Waals surface area (Å²) in [4.78, 5) is 29.4. The number of alkyl halides is 3. The molecule has 1 unspecified atom stereocenters. The molecule has 0 fully saturated rings. The first-order valence-electron chi connectivity index (χ1n) is 9.01. The lowest BCUT2D eigenvalue weighted by molar-refractivity contribution is -0.271. The number of rotatable bonds is 8. The third-order valence-electron chi connectivity index (χ3n) is 4.52. The van der Waals surface area contributed by atoms with Gasteiger partial charge in [0.25, 0.3) is 0 Å². The van der Waals surface area contributed by atoms with Crippen LogP contribution in [0.5, 0.6) is 5.75 Å². The molecule has 1 atom stereocenters. The SMILES string of the molecule is CCN(CC(=O)Nc1ccccc1OC)C(=O)CC(O)(c1nccn1C)C(F)(F)F. The molecule has 0 aliphatic heterocycles. The molecule has 2 rings (SSSR count). The van der Waals surface area contributed by atoms with E-state index in [2.05, 4.69) is 10.3 Å². The number of imidazole rings is 1. The van der Waals surface area contributed by atoms with Crippen molar-refractivity contribution in [2.45, 2.75) is 25.1 Å². The highest BCUT2D eigenvalue weighted by Crippen LogP contribution is 2.41. The fourth-order valence-corrected chi connectivity index (χ4v) is 2.89. The standard InChI is InChI=1S/C19H23F3N4O4/c1-4-26(12-15(27)24-13-7-5-6-8-14(13)30-3)16(28)11-18(29,19(20,21)22)17-23-9-10-25(17)2/h5-10,29H,4,11-12H2,1-3H3,(H,24,27). The zero-order valence-corrected chi connectivity index (χ0v) is 16.7. The highest BCUT2D eigenvalue weighted by Gasteiger charge is 2.59. The summed E-state index contributed by atoms with van der Waals surface area (Å²) in [6.07, 6.45) is -4.14. The van der Waals surface area contributed by atoms with Crippen molar-refractivity contribution >= 4 is 17.5 Å². The second-order valence-electron chi connectivity index (χ2n) is 6.55. The number of likely N-dealkylation sites (N-methyl/N-ethyl adjacent to an activating group) is 1. The Morgan fingerprint density at radius 2 is 1.97 bits per heavy atom. The van der Waals surface area contributed by atoms with Gasteiger partial charge in [0.2, 0.25) is 17.4 Å². The molecule has 30 heavy (non-hydrogen) atoms. The van der Waals surface area contributed by atoms with Crippen LogP contribution in [0.4, 0.5) is 18.9 Å². The molecule has 0 spiro atoms. The first-order valence-corrected chi connectivity index (χ1v) is 9.01. The lowest BCUT2D eigenvalue weighted by Gasteiger charge is -2.31. The minimum Gasteiger partial charge on any atom is -0.495 e. The maximum atomic E-state index is 13.6. The molecule has 2 amide bonds. The second-order valence-corrected chi connectivity index (χ2v) is 6.55. The quantitative estimate of drug-likeness (QED) is 0.671. The van der Waals surface area contributed by atoms with Gasteiger partial charge in [-0.15, -0.1) is 0 Å². The summed E-state index contributed by atoms with van der Waals surface area (Å²) in [7, 11) is 2.70. The van der Waals surface area contributed by atoms with Gasteiger partial charge in [-0.25, -0.2) is 4.98 Å². The van der Waals surface area contributed by atoms with Crippen LogP contribution in [0.15, 0.2) is 36.7 Å². The molecular weight excluding hydrogens is 405 g/mol. The Balaban J connectivity index is 2.16. The van der Waals surface area contributed by atoms with E-state index >= 15 is 0 Å². The maximum Gasteiger partial charge on any atom is 0.425 e. The van der Waals surface area contributed by atoms with E-state index in [1.807, 2.05) is 0 Å². The lowest BCUT2D eigenvalue weighted by atomic mass is 9.96. The zero-order valence-electron chi connectivity index (χ0n) is 16.7. The molecule has 11 heteroatoms. The smallest absolute Gasteiger partial charge is 0.425 e. The van der Waals surface area contributed by atoms with E-state index in [1.54, 1.807) is 24.3 Å². The van der Waals surface area contributed by atoms with Gasteiger partial charge in [0.1, 0.15) is 5.75 Å². The number of benzene rings is 1. The topological polar surface area (TPSA) is 96.7 Å². The Morgan fingerprint density at radius 3 is 2.50 bits per heavy atom. The Labute approximate surface area is 171 Å². The van der Waals surface area contributed by atoms with E-state index in [0.717, 1.165) is 15.7 Å². The van der Waals surface area contributed by atoms with Crippen LogP contribution in [0.3, 0.4) is 0 Å². The number of anilines is 1. The third kappa shape index (κ3) is 4.90. The summed E-state index contributed by atoms with van der Waals surface area (Å²) >= 11 is 0. The predicted molar refractivity (Wildman–Crippen MR) is 102 cm³/mol. The van der Waals surface area contributed by atoms with Gasteiger partial charge in [-0.3, -0.25) is 9.59 Å². The highest BCUT2D eigenvalue weighted by atomic mass is 19.4.